The molecule has 170 valence electrons. The van der Waals surface area contributed by atoms with Gasteiger partial charge in [-0.25, -0.2) is 4.79 Å². The van der Waals surface area contributed by atoms with Crippen molar-refractivity contribution in [3.8, 4) is 0 Å². The Morgan fingerprint density at radius 3 is 2.00 bits per heavy atom. The molecule has 0 radical (unpaired) electrons. The number of ether oxygens (including phenoxy) is 3. The van der Waals surface area contributed by atoms with Crippen LogP contribution in [0, 0.1) is 35.5 Å². The van der Waals surface area contributed by atoms with E-state index in [1.807, 2.05) is 30.3 Å². The highest BCUT2D eigenvalue weighted by Crippen LogP contribution is 2.57. The Balaban J connectivity index is 1.16. The molecule has 1 aromatic carbocycles. The van der Waals surface area contributed by atoms with Gasteiger partial charge in [0.1, 0.15) is 12.9 Å². The fourth-order valence-corrected chi connectivity index (χ4v) is 7.80. The van der Waals surface area contributed by atoms with Crippen LogP contribution in [0.5, 0.6) is 0 Å². The number of carbonyl (C=O) groups is 1. The van der Waals surface area contributed by atoms with Crippen molar-refractivity contribution in [1.82, 2.24) is 0 Å². The van der Waals surface area contributed by atoms with Crippen LogP contribution in [0.4, 0.5) is 0 Å². The Kier molecular flexibility index (Phi) is 6.66. The lowest BCUT2D eigenvalue weighted by atomic mass is 9.51. The van der Waals surface area contributed by atoms with Crippen molar-refractivity contribution in [3.63, 3.8) is 0 Å². The molecule has 0 bridgehead atoms. The van der Waals surface area contributed by atoms with Crippen molar-refractivity contribution >= 4 is 5.97 Å². The van der Waals surface area contributed by atoms with Crippen LogP contribution in [-0.4, -0.2) is 32.1 Å². The van der Waals surface area contributed by atoms with Gasteiger partial charge in [0.2, 0.25) is 0 Å². The van der Waals surface area contributed by atoms with E-state index in [0.717, 1.165) is 48.3 Å². The van der Waals surface area contributed by atoms with Gasteiger partial charge in [-0.1, -0.05) is 18.2 Å². The lowest BCUT2D eigenvalue weighted by molar-refractivity contribution is -0.119. The molecule has 0 N–H and O–H groups in total. The van der Waals surface area contributed by atoms with Gasteiger partial charge in [-0.3, -0.25) is 0 Å². The van der Waals surface area contributed by atoms with Gasteiger partial charge < -0.3 is 14.2 Å². The van der Waals surface area contributed by atoms with E-state index in [4.69, 9.17) is 14.2 Å². The van der Waals surface area contributed by atoms with E-state index >= 15 is 0 Å². The Morgan fingerprint density at radius 2 is 1.35 bits per heavy atom. The van der Waals surface area contributed by atoms with Crippen molar-refractivity contribution in [1.29, 1.82) is 0 Å². The summed E-state index contributed by atoms with van der Waals surface area (Å²) in [6, 6.07) is 9.46. The molecule has 0 aliphatic heterocycles. The topological polar surface area (TPSA) is 44.8 Å². The second kappa shape index (κ2) is 9.62. The molecule has 5 rings (SSSR count). The van der Waals surface area contributed by atoms with Gasteiger partial charge in [0, 0.05) is 7.11 Å². The van der Waals surface area contributed by atoms with Crippen molar-refractivity contribution in [3.05, 3.63) is 35.9 Å². The quantitative estimate of drug-likeness (QED) is 0.437. The maximum absolute atomic E-state index is 12.5. The fourth-order valence-electron chi connectivity index (χ4n) is 7.80. The van der Waals surface area contributed by atoms with Crippen molar-refractivity contribution in [2.45, 2.75) is 76.4 Å². The predicted octanol–water partition coefficient (Wildman–Crippen LogP) is 5.85. The second-order valence-corrected chi connectivity index (χ2v) is 10.5. The van der Waals surface area contributed by atoms with Crippen LogP contribution in [0.3, 0.4) is 0 Å². The van der Waals surface area contributed by atoms with Crippen LogP contribution in [0.1, 0.15) is 74.6 Å². The lowest BCUT2D eigenvalue weighted by Crippen LogP contribution is -2.48. The molecule has 0 spiro atoms. The first-order chi connectivity index (χ1) is 15.2. The van der Waals surface area contributed by atoms with Gasteiger partial charge in [-0.15, -0.1) is 0 Å². The van der Waals surface area contributed by atoms with E-state index in [2.05, 4.69) is 0 Å². The number of carbonyl (C=O) groups excluding carboxylic acids is 1. The first-order valence-corrected chi connectivity index (χ1v) is 12.6. The largest absolute Gasteiger partial charge is 0.459 e. The van der Waals surface area contributed by atoms with Gasteiger partial charge in [-0.05, 0) is 112 Å². The molecule has 4 aliphatic carbocycles. The first kappa shape index (κ1) is 21.5. The summed E-state index contributed by atoms with van der Waals surface area (Å²) >= 11 is 0. The molecule has 31 heavy (non-hydrogen) atoms. The number of hydrogen-bond donors (Lipinski definition) is 0. The Labute approximate surface area is 187 Å². The zero-order chi connectivity index (χ0) is 21.2. The summed E-state index contributed by atoms with van der Waals surface area (Å²) in [6.45, 7) is 0.438. The van der Waals surface area contributed by atoms with Crippen molar-refractivity contribution < 1.29 is 19.0 Å². The number of methoxy groups -OCH3 is 1. The number of esters is 1. The van der Waals surface area contributed by atoms with Gasteiger partial charge in [0.25, 0.3) is 0 Å². The minimum Gasteiger partial charge on any atom is -0.459 e. The smallest absolute Gasteiger partial charge is 0.338 e. The summed E-state index contributed by atoms with van der Waals surface area (Å²) in [5.41, 5.74) is 0.678. The molecular weight excluding hydrogens is 388 g/mol. The average Bonchev–Trinajstić information content (AvgIpc) is 2.82. The molecule has 4 heteroatoms. The molecule has 0 saturated heterocycles. The third-order valence-electron chi connectivity index (χ3n) is 9.08. The molecule has 8 atom stereocenters. The zero-order valence-corrected chi connectivity index (χ0v) is 18.9. The van der Waals surface area contributed by atoms with E-state index in [1.165, 1.54) is 51.4 Å². The Bertz CT molecular complexity index is 734. The van der Waals surface area contributed by atoms with E-state index < -0.39 is 0 Å². The van der Waals surface area contributed by atoms with E-state index in [-0.39, 0.29) is 12.1 Å². The van der Waals surface area contributed by atoms with Crippen LogP contribution in [-0.2, 0) is 14.2 Å². The van der Waals surface area contributed by atoms with Crippen LogP contribution in [0.15, 0.2) is 30.3 Å². The maximum atomic E-state index is 12.5. The molecule has 4 fully saturated rings. The van der Waals surface area contributed by atoms with E-state index in [0.29, 0.717) is 18.5 Å². The minimum absolute atomic E-state index is 0.107. The van der Waals surface area contributed by atoms with Gasteiger partial charge in [0.05, 0.1) is 11.7 Å². The molecule has 0 unspecified atom stereocenters. The third-order valence-corrected chi connectivity index (χ3v) is 9.08. The first-order valence-electron chi connectivity index (χ1n) is 12.6. The second-order valence-electron chi connectivity index (χ2n) is 10.5. The van der Waals surface area contributed by atoms with Gasteiger partial charge in [0.15, 0.2) is 0 Å². The summed E-state index contributed by atoms with van der Waals surface area (Å²) in [5.74, 6) is 5.06. The number of benzene rings is 1. The monoisotopic (exact) mass is 426 g/mol. The SMILES string of the molecule is COCO[C@@H]1CC[C@H]2[C@@H](CC[C@@H]3[C@@H]2CC[C@H]2C[C@@H](OC(=O)c4ccccc4)CC[C@H]23)C1. The molecule has 0 amide bonds. The summed E-state index contributed by atoms with van der Waals surface area (Å²) in [4.78, 5) is 12.5. The maximum Gasteiger partial charge on any atom is 0.338 e. The molecule has 4 saturated carbocycles. The van der Waals surface area contributed by atoms with Crippen molar-refractivity contribution in [2.75, 3.05) is 13.9 Å². The highest BCUT2D eigenvalue weighted by molar-refractivity contribution is 5.89. The molecule has 0 heterocycles. The van der Waals surface area contributed by atoms with Gasteiger partial charge >= 0.3 is 5.97 Å². The van der Waals surface area contributed by atoms with E-state index in [1.54, 1.807) is 7.11 Å². The minimum atomic E-state index is -0.148. The standard InChI is InChI=1S/C27H38O4/c1-29-17-30-21-9-13-23-19(15-21)7-11-26-24-14-10-22(16-20(24)8-12-25(23)26)31-27(28)18-5-3-2-4-6-18/h2-6,19-26H,7-17H2,1H3/t19-,20-,21+,22-,23-,24+,25+,26-/m0/s1. The summed E-state index contributed by atoms with van der Waals surface area (Å²) < 4.78 is 17.0. The number of fused-ring (bicyclic) bond motifs is 5. The lowest BCUT2D eigenvalue weighted by Gasteiger charge is -2.55. The van der Waals surface area contributed by atoms with Crippen LogP contribution in [0.2, 0.25) is 0 Å². The molecule has 1 aromatic rings. The van der Waals surface area contributed by atoms with Crippen LogP contribution in [0.25, 0.3) is 0 Å². The highest BCUT2D eigenvalue weighted by Gasteiger charge is 2.50. The summed E-state index contributed by atoms with van der Waals surface area (Å²) in [5, 5.41) is 0. The Morgan fingerprint density at radius 1 is 0.774 bits per heavy atom. The molecule has 0 aromatic heterocycles. The van der Waals surface area contributed by atoms with Crippen LogP contribution < -0.4 is 0 Å². The molecule has 4 aliphatic rings. The summed E-state index contributed by atoms with van der Waals surface area (Å²) in [6.07, 6.45) is 13.2. The number of hydrogen-bond acceptors (Lipinski definition) is 4. The third kappa shape index (κ3) is 4.57. The van der Waals surface area contributed by atoms with Crippen LogP contribution >= 0.6 is 0 Å². The summed E-state index contributed by atoms with van der Waals surface area (Å²) in [7, 11) is 1.71. The zero-order valence-electron chi connectivity index (χ0n) is 18.9. The van der Waals surface area contributed by atoms with Gasteiger partial charge in [-0.2, -0.15) is 0 Å². The highest BCUT2D eigenvalue weighted by atomic mass is 16.7. The Hall–Kier alpha value is -1.39. The molecule has 4 nitrogen and oxygen atoms in total. The molecular formula is C27H38O4. The average molecular weight is 427 g/mol. The predicted molar refractivity (Wildman–Crippen MR) is 120 cm³/mol. The van der Waals surface area contributed by atoms with Crippen molar-refractivity contribution in [2.24, 2.45) is 35.5 Å². The fraction of sp³-hybridized carbons (Fsp3) is 0.741. The normalized spacial score (nSPS) is 39.6. The number of rotatable bonds is 5. The van der Waals surface area contributed by atoms with E-state index in [9.17, 15) is 4.79 Å².